The molecule has 3 nitrogen and oxygen atoms in total. The summed E-state index contributed by atoms with van der Waals surface area (Å²) in [6.07, 6.45) is 2.02. The Hall–Kier alpha value is -0.510. The smallest absolute Gasteiger partial charge is 0.234 e. The highest BCUT2D eigenvalue weighted by atomic mass is 32.2. The monoisotopic (exact) mass is 173 g/mol. The van der Waals surface area contributed by atoms with Crippen molar-refractivity contribution in [1.29, 1.82) is 0 Å². The van der Waals surface area contributed by atoms with Crippen LogP contribution in [-0.2, 0) is 9.59 Å². The molecule has 0 aromatic carbocycles. The van der Waals surface area contributed by atoms with Gasteiger partial charge in [-0.3, -0.25) is 13.9 Å². The van der Waals surface area contributed by atoms with Crippen LogP contribution in [0.4, 0.5) is 0 Å². The van der Waals surface area contributed by atoms with Crippen LogP contribution in [0.15, 0.2) is 0 Å². The van der Waals surface area contributed by atoms with Crippen molar-refractivity contribution in [3.8, 4) is 0 Å². The Morgan fingerprint density at radius 1 is 1.73 bits per heavy atom. The molecule has 1 amide bonds. The second-order valence-corrected chi connectivity index (χ2v) is 3.54. The zero-order valence-corrected chi connectivity index (χ0v) is 7.32. The molecule has 11 heavy (non-hydrogen) atoms. The zero-order valence-electron chi connectivity index (χ0n) is 6.50. The van der Waals surface area contributed by atoms with Crippen LogP contribution < -0.4 is 0 Å². The summed E-state index contributed by atoms with van der Waals surface area (Å²) in [4.78, 5) is 21.7. The van der Waals surface area contributed by atoms with Crippen molar-refractivity contribution in [1.82, 2.24) is 4.31 Å². The van der Waals surface area contributed by atoms with E-state index in [-0.39, 0.29) is 11.0 Å². The summed E-state index contributed by atoms with van der Waals surface area (Å²) >= 11 is 1.06. The van der Waals surface area contributed by atoms with Gasteiger partial charge in [0.05, 0.1) is 0 Å². The molecule has 1 saturated heterocycles. The molecule has 4 heteroatoms. The van der Waals surface area contributed by atoms with Crippen LogP contribution in [0.5, 0.6) is 0 Å². The lowest BCUT2D eigenvalue weighted by atomic mass is 10.3. The van der Waals surface area contributed by atoms with E-state index in [1.165, 1.54) is 4.31 Å². The fourth-order valence-corrected chi connectivity index (χ4v) is 1.68. The van der Waals surface area contributed by atoms with Gasteiger partial charge in [-0.25, -0.2) is 0 Å². The lowest BCUT2D eigenvalue weighted by molar-refractivity contribution is -0.133. The standard InChI is InChI=1S/C7H11NO2S/c1-2-3-7(10)11-8-5-4-6(8)9/h2-5H2,1H3. The van der Waals surface area contributed by atoms with Gasteiger partial charge in [0, 0.05) is 31.3 Å². The van der Waals surface area contributed by atoms with E-state index in [4.69, 9.17) is 0 Å². The molecule has 0 aromatic rings. The van der Waals surface area contributed by atoms with Crippen LogP contribution in [-0.4, -0.2) is 21.9 Å². The van der Waals surface area contributed by atoms with Crippen LogP contribution >= 0.6 is 11.9 Å². The zero-order chi connectivity index (χ0) is 8.27. The number of nitrogens with zero attached hydrogens (tertiary/aromatic N) is 1. The van der Waals surface area contributed by atoms with Crippen molar-refractivity contribution in [2.45, 2.75) is 26.2 Å². The molecule has 1 aliphatic rings. The molecule has 1 aliphatic heterocycles. The van der Waals surface area contributed by atoms with Gasteiger partial charge in [-0.2, -0.15) is 0 Å². The Morgan fingerprint density at radius 3 is 2.82 bits per heavy atom. The van der Waals surface area contributed by atoms with E-state index in [0.29, 0.717) is 12.8 Å². The van der Waals surface area contributed by atoms with Crippen LogP contribution in [0.2, 0.25) is 0 Å². The first-order valence-corrected chi connectivity index (χ1v) is 4.52. The summed E-state index contributed by atoms with van der Waals surface area (Å²) in [6.45, 7) is 2.69. The summed E-state index contributed by atoms with van der Waals surface area (Å²) in [5.74, 6) is 0.0828. The molecule has 1 fully saturated rings. The Balaban J connectivity index is 2.19. The molecule has 0 saturated carbocycles. The van der Waals surface area contributed by atoms with Crippen molar-refractivity contribution in [2.75, 3.05) is 6.54 Å². The highest BCUT2D eigenvalue weighted by molar-refractivity contribution is 8.12. The van der Waals surface area contributed by atoms with Crippen molar-refractivity contribution in [3.05, 3.63) is 0 Å². The van der Waals surface area contributed by atoms with Crippen molar-refractivity contribution >= 4 is 23.0 Å². The maximum absolute atomic E-state index is 11.0. The Morgan fingerprint density at radius 2 is 2.45 bits per heavy atom. The predicted molar refractivity (Wildman–Crippen MR) is 43.8 cm³/mol. The number of amides is 1. The van der Waals surface area contributed by atoms with Gasteiger partial charge >= 0.3 is 0 Å². The van der Waals surface area contributed by atoms with E-state index < -0.39 is 0 Å². The lowest BCUT2D eigenvalue weighted by Crippen LogP contribution is -2.38. The Labute approximate surface area is 70.3 Å². The number of hydrogen-bond acceptors (Lipinski definition) is 3. The van der Waals surface area contributed by atoms with Crippen LogP contribution in [0.25, 0.3) is 0 Å². The molecule has 0 aliphatic carbocycles. The maximum Gasteiger partial charge on any atom is 0.234 e. The minimum atomic E-state index is 0.0828. The van der Waals surface area contributed by atoms with Crippen LogP contribution in [0.3, 0.4) is 0 Å². The molecule has 0 bridgehead atoms. The van der Waals surface area contributed by atoms with Gasteiger partial charge in [0.25, 0.3) is 0 Å². The average molecular weight is 173 g/mol. The summed E-state index contributed by atoms with van der Waals surface area (Å²) in [7, 11) is 0. The third-order valence-corrected chi connectivity index (χ3v) is 2.49. The summed E-state index contributed by atoms with van der Waals surface area (Å²) < 4.78 is 1.53. The molecule has 1 heterocycles. The van der Waals surface area contributed by atoms with Crippen LogP contribution in [0, 0.1) is 0 Å². The minimum absolute atomic E-state index is 0.0828. The summed E-state index contributed by atoms with van der Waals surface area (Å²) in [5, 5.41) is 0.0977. The molecule has 0 spiro atoms. The lowest BCUT2D eigenvalue weighted by Gasteiger charge is -2.27. The quantitative estimate of drug-likeness (QED) is 0.475. The summed E-state index contributed by atoms with van der Waals surface area (Å²) in [6, 6.07) is 0. The number of carbonyl (C=O) groups excluding carboxylic acids is 2. The normalized spacial score (nSPS) is 16.5. The van der Waals surface area contributed by atoms with E-state index >= 15 is 0 Å². The van der Waals surface area contributed by atoms with E-state index in [9.17, 15) is 9.59 Å². The van der Waals surface area contributed by atoms with E-state index in [1.54, 1.807) is 0 Å². The SMILES string of the molecule is CCCC(=O)SN1CCC1=O. The van der Waals surface area contributed by atoms with Gasteiger partial charge in [-0.05, 0) is 6.42 Å². The van der Waals surface area contributed by atoms with Crippen molar-refractivity contribution < 1.29 is 9.59 Å². The van der Waals surface area contributed by atoms with Gasteiger partial charge in [0.1, 0.15) is 0 Å². The minimum Gasteiger partial charge on any atom is -0.285 e. The second kappa shape index (κ2) is 3.76. The first-order chi connectivity index (χ1) is 5.24. The molecular formula is C7H11NO2S. The second-order valence-electron chi connectivity index (χ2n) is 2.46. The fourth-order valence-electron chi connectivity index (χ4n) is 0.764. The number of β-lactam (4-membered cyclic amide) rings is 1. The highest BCUT2D eigenvalue weighted by Gasteiger charge is 2.26. The first-order valence-electron chi connectivity index (χ1n) is 3.75. The maximum atomic E-state index is 11.0. The topological polar surface area (TPSA) is 37.4 Å². The van der Waals surface area contributed by atoms with Gasteiger partial charge in [0.2, 0.25) is 11.0 Å². The molecule has 0 unspecified atom stereocenters. The molecule has 0 aromatic heterocycles. The molecular weight excluding hydrogens is 162 g/mol. The van der Waals surface area contributed by atoms with Crippen molar-refractivity contribution in [2.24, 2.45) is 0 Å². The van der Waals surface area contributed by atoms with Gasteiger partial charge < -0.3 is 0 Å². The fraction of sp³-hybridized carbons (Fsp3) is 0.714. The van der Waals surface area contributed by atoms with E-state index in [1.807, 2.05) is 6.92 Å². The largest absolute Gasteiger partial charge is 0.285 e. The number of rotatable bonds is 3. The molecule has 0 radical (unpaired) electrons. The van der Waals surface area contributed by atoms with Crippen molar-refractivity contribution in [3.63, 3.8) is 0 Å². The molecule has 0 atom stereocenters. The van der Waals surface area contributed by atoms with Gasteiger partial charge in [0.15, 0.2) is 0 Å². The van der Waals surface area contributed by atoms with E-state index in [2.05, 4.69) is 0 Å². The third kappa shape index (κ3) is 2.22. The number of carbonyl (C=O) groups is 2. The Bertz CT molecular complexity index is 181. The molecule has 0 N–H and O–H groups in total. The summed E-state index contributed by atoms with van der Waals surface area (Å²) in [5.41, 5.74) is 0. The van der Waals surface area contributed by atoms with E-state index in [0.717, 1.165) is 24.9 Å². The first kappa shape index (κ1) is 8.59. The number of hydrogen-bond donors (Lipinski definition) is 0. The van der Waals surface area contributed by atoms with Gasteiger partial charge in [-0.15, -0.1) is 0 Å². The molecule has 62 valence electrons. The highest BCUT2D eigenvalue weighted by Crippen LogP contribution is 2.22. The molecule has 1 rings (SSSR count). The van der Waals surface area contributed by atoms with Crippen LogP contribution in [0.1, 0.15) is 26.2 Å². The van der Waals surface area contributed by atoms with Gasteiger partial charge in [-0.1, -0.05) is 6.92 Å². The third-order valence-electron chi connectivity index (χ3n) is 1.47. The Kier molecular flexibility index (Phi) is 2.93. The average Bonchev–Trinajstić information content (AvgIpc) is 1.98. The predicted octanol–water partition coefficient (Wildman–Crippen LogP) is 1.19.